The predicted molar refractivity (Wildman–Crippen MR) is 56.8 cm³/mol. The summed E-state index contributed by atoms with van der Waals surface area (Å²) in [7, 11) is 0. The van der Waals surface area contributed by atoms with E-state index in [9.17, 15) is 0 Å². The molecule has 0 fully saturated rings. The van der Waals surface area contributed by atoms with Gasteiger partial charge in [0.2, 0.25) is 0 Å². The Morgan fingerprint density at radius 1 is 1.23 bits per heavy atom. The Morgan fingerprint density at radius 2 is 1.85 bits per heavy atom. The minimum Gasteiger partial charge on any atom is -0.261 e. The fraction of sp³-hybridized carbons (Fsp3) is 0.583. The van der Waals surface area contributed by atoms with E-state index in [4.69, 9.17) is 0 Å². The first kappa shape index (κ1) is 10.2. The Morgan fingerprint density at radius 3 is 2.23 bits per heavy atom. The second kappa shape index (κ2) is 3.49. The normalized spacial score (nSPS) is 14.2. The number of rotatable bonds is 1. The van der Waals surface area contributed by atoms with Crippen LogP contribution in [-0.2, 0) is 0 Å². The molecule has 0 aliphatic rings. The van der Waals surface area contributed by atoms with Crippen LogP contribution in [-0.4, -0.2) is 4.98 Å². The van der Waals surface area contributed by atoms with Gasteiger partial charge in [0.05, 0.1) is 0 Å². The van der Waals surface area contributed by atoms with Crippen LogP contribution in [0.3, 0.4) is 0 Å². The fourth-order valence-electron chi connectivity index (χ4n) is 1.18. The van der Waals surface area contributed by atoms with Gasteiger partial charge in [0.25, 0.3) is 0 Å². The molecule has 0 aromatic carbocycles. The Labute approximate surface area is 81.2 Å². The third kappa shape index (κ3) is 2.55. The third-order valence-electron chi connectivity index (χ3n) is 2.68. The van der Waals surface area contributed by atoms with Crippen LogP contribution in [0.1, 0.15) is 44.9 Å². The maximum absolute atomic E-state index is 4.44. The zero-order valence-corrected chi connectivity index (χ0v) is 9.26. The number of aryl methyl sites for hydroxylation is 1. The molecular formula is C12H19N. The maximum Gasteiger partial charge on any atom is 0.0437 e. The van der Waals surface area contributed by atoms with Crippen molar-refractivity contribution in [1.29, 1.82) is 0 Å². The van der Waals surface area contributed by atoms with E-state index in [0.29, 0.717) is 11.3 Å². The average Bonchev–Trinajstić information content (AvgIpc) is 2.03. The van der Waals surface area contributed by atoms with Gasteiger partial charge in [-0.05, 0) is 24.0 Å². The minimum atomic E-state index is 0.294. The van der Waals surface area contributed by atoms with E-state index in [1.165, 1.54) is 11.3 Å². The van der Waals surface area contributed by atoms with Gasteiger partial charge in [0.15, 0.2) is 0 Å². The van der Waals surface area contributed by atoms with Crippen LogP contribution in [0.2, 0.25) is 0 Å². The van der Waals surface area contributed by atoms with Crippen molar-refractivity contribution in [2.24, 2.45) is 5.41 Å². The highest BCUT2D eigenvalue weighted by molar-refractivity contribution is 5.16. The van der Waals surface area contributed by atoms with Gasteiger partial charge in [-0.3, -0.25) is 4.98 Å². The van der Waals surface area contributed by atoms with Gasteiger partial charge in [0.1, 0.15) is 0 Å². The Bertz CT molecular complexity index is 266. The molecule has 0 amide bonds. The van der Waals surface area contributed by atoms with E-state index >= 15 is 0 Å². The van der Waals surface area contributed by atoms with Crippen LogP contribution in [0.25, 0.3) is 0 Å². The van der Waals surface area contributed by atoms with Gasteiger partial charge in [-0.15, -0.1) is 0 Å². The summed E-state index contributed by atoms with van der Waals surface area (Å²) >= 11 is 0. The Kier molecular flexibility index (Phi) is 2.74. The number of pyridine rings is 1. The maximum atomic E-state index is 4.44. The molecule has 1 nitrogen and oxygen atoms in total. The molecule has 72 valence electrons. The van der Waals surface area contributed by atoms with Crippen molar-refractivity contribution in [3.8, 4) is 0 Å². The first-order valence-electron chi connectivity index (χ1n) is 4.84. The van der Waals surface area contributed by atoms with Crippen LogP contribution in [0.15, 0.2) is 18.3 Å². The molecule has 0 aliphatic carbocycles. The number of hydrogen-bond donors (Lipinski definition) is 0. The summed E-state index contributed by atoms with van der Waals surface area (Å²) in [5.74, 6) is 0.507. The van der Waals surface area contributed by atoms with Crippen LogP contribution in [0.5, 0.6) is 0 Å². The van der Waals surface area contributed by atoms with Crippen molar-refractivity contribution in [3.05, 3.63) is 29.6 Å². The van der Waals surface area contributed by atoms with Gasteiger partial charge < -0.3 is 0 Å². The van der Waals surface area contributed by atoms with E-state index in [2.05, 4.69) is 51.7 Å². The second-order valence-electron chi connectivity index (χ2n) is 4.85. The van der Waals surface area contributed by atoms with Gasteiger partial charge in [-0.1, -0.05) is 33.8 Å². The second-order valence-corrected chi connectivity index (χ2v) is 4.85. The summed E-state index contributed by atoms with van der Waals surface area (Å²) in [5.41, 5.74) is 2.71. The first-order valence-corrected chi connectivity index (χ1v) is 4.84. The molecule has 0 radical (unpaired) electrons. The first-order chi connectivity index (χ1) is 5.91. The van der Waals surface area contributed by atoms with E-state index in [1.54, 1.807) is 0 Å². The molecule has 0 spiro atoms. The molecule has 0 unspecified atom stereocenters. The monoisotopic (exact) mass is 177 g/mol. The number of nitrogens with zero attached hydrogens (tertiary/aromatic N) is 1. The van der Waals surface area contributed by atoms with Gasteiger partial charge in [0, 0.05) is 17.8 Å². The smallest absolute Gasteiger partial charge is 0.0437 e. The molecule has 1 aromatic heterocycles. The van der Waals surface area contributed by atoms with E-state index in [-0.39, 0.29) is 0 Å². The molecule has 1 rings (SSSR count). The SMILES string of the molecule is Cc1ccc([C@H](C)C(C)(C)C)nc1. The van der Waals surface area contributed by atoms with Crippen LogP contribution in [0, 0.1) is 12.3 Å². The molecule has 0 saturated heterocycles. The molecule has 0 bridgehead atoms. The molecule has 13 heavy (non-hydrogen) atoms. The van der Waals surface area contributed by atoms with Gasteiger partial charge in [-0.25, -0.2) is 0 Å². The Hall–Kier alpha value is -0.850. The highest BCUT2D eigenvalue weighted by atomic mass is 14.7. The minimum absolute atomic E-state index is 0.294. The molecule has 1 heteroatoms. The standard InChI is InChI=1S/C12H19N/c1-9-6-7-11(13-8-9)10(2)12(3,4)5/h6-8,10H,1-5H3/t10-/m0/s1. The topological polar surface area (TPSA) is 12.9 Å². The molecule has 0 aliphatic heterocycles. The van der Waals surface area contributed by atoms with Crippen molar-refractivity contribution in [3.63, 3.8) is 0 Å². The van der Waals surface area contributed by atoms with Crippen LogP contribution in [0.4, 0.5) is 0 Å². The lowest BCUT2D eigenvalue weighted by molar-refractivity contribution is 0.334. The van der Waals surface area contributed by atoms with Gasteiger partial charge >= 0.3 is 0 Å². The quantitative estimate of drug-likeness (QED) is 0.639. The lowest BCUT2D eigenvalue weighted by atomic mass is 9.80. The van der Waals surface area contributed by atoms with E-state index in [1.807, 2.05) is 6.20 Å². The third-order valence-corrected chi connectivity index (χ3v) is 2.68. The van der Waals surface area contributed by atoms with Crippen molar-refractivity contribution in [1.82, 2.24) is 4.98 Å². The van der Waals surface area contributed by atoms with Crippen molar-refractivity contribution in [2.45, 2.75) is 40.5 Å². The van der Waals surface area contributed by atoms with E-state index < -0.39 is 0 Å². The summed E-state index contributed by atoms with van der Waals surface area (Å²) in [6, 6.07) is 4.26. The zero-order valence-electron chi connectivity index (χ0n) is 9.26. The highest BCUT2D eigenvalue weighted by Gasteiger charge is 2.22. The van der Waals surface area contributed by atoms with Gasteiger partial charge in [-0.2, -0.15) is 0 Å². The lowest BCUT2D eigenvalue weighted by Crippen LogP contribution is -2.16. The zero-order chi connectivity index (χ0) is 10.1. The van der Waals surface area contributed by atoms with E-state index in [0.717, 1.165) is 0 Å². The molecule has 1 heterocycles. The summed E-state index contributed by atoms with van der Waals surface area (Å²) in [6.45, 7) is 11.0. The Balaban J connectivity index is 2.90. The highest BCUT2D eigenvalue weighted by Crippen LogP contribution is 2.32. The fourth-order valence-corrected chi connectivity index (χ4v) is 1.18. The van der Waals surface area contributed by atoms with Crippen molar-refractivity contribution >= 4 is 0 Å². The number of aromatic nitrogens is 1. The number of hydrogen-bond acceptors (Lipinski definition) is 1. The molecule has 1 atom stereocenters. The molecule has 0 N–H and O–H groups in total. The summed E-state index contributed by atoms with van der Waals surface area (Å²) in [4.78, 5) is 4.44. The van der Waals surface area contributed by atoms with Crippen LogP contribution < -0.4 is 0 Å². The van der Waals surface area contributed by atoms with Crippen molar-refractivity contribution < 1.29 is 0 Å². The molecule has 1 aromatic rings. The van der Waals surface area contributed by atoms with Crippen LogP contribution >= 0.6 is 0 Å². The largest absolute Gasteiger partial charge is 0.261 e. The predicted octanol–water partition coefficient (Wildman–Crippen LogP) is 3.54. The summed E-state index contributed by atoms with van der Waals surface area (Å²) in [6.07, 6.45) is 1.94. The van der Waals surface area contributed by atoms with Crippen molar-refractivity contribution in [2.75, 3.05) is 0 Å². The summed E-state index contributed by atoms with van der Waals surface area (Å²) in [5, 5.41) is 0. The lowest BCUT2D eigenvalue weighted by Gasteiger charge is -2.26. The average molecular weight is 177 g/mol. The molecular weight excluding hydrogens is 158 g/mol. The summed E-state index contributed by atoms with van der Waals surface area (Å²) < 4.78 is 0. The molecule has 0 saturated carbocycles.